The molecule has 30 heavy (non-hydrogen) atoms. The van der Waals surface area contributed by atoms with Crippen LogP contribution in [0.3, 0.4) is 0 Å². The molecule has 2 aromatic heterocycles. The number of anilines is 1. The molecule has 4 rings (SSSR count). The maximum Gasteiger partial charge on any atom is 0.258 e. The second kappa shape index (κ2) is 9.47. The van der Waals surface area contributed by atoms with E-state index in [2.05, 4.69) is 15.5 Å². The summed E-state index contributed by atoms with van der Waals surface area (Å²) in [7, 11) is 0. The van der Waals surface area contributed by atoms with Crippen molar-refractivity contribution >= 4 is 45.4 Å². The zero-order valence-electron chi connectivity index (χ0n) is 16.2. The van der Waals surface area contributed by atoms with E-state index >= 15 is 0 Å². The second-order valence-corrected chi connectivity index (χ2v) is 8.20. The molecule has 0 aliphatic rings. The van der Waals surface area contributed by atoms with E-state index < -0.39 is 0 Å². The molecular weight excluding hydrogens is 414 g/mol. The Morgan fingerprint density at radius 3 is 2.53 bits per heavy atom. The third-order valence-electron chi connectivity index (χ3n) is 4.21. The Morgan fingerprint density at radius 1 is 1.03 bits per heavy atom. The molecule has 0 atom stereocenters. The van der Waals surface area contributed by atoms with Crippen LogP contribution in [0, 0.1) is 0 Å². The van der Waals surface area contributed by atoms with Crippen LogP contribution in [0.15, 0.2) is 72.1 Å². The SMILES string of the molecule is CCOc1ccc(/C=C(/C(=O)Nc2nnc(-c3cccs3)s2)c2ccccc2)cc1. The number of nitrogens with one attached hydrogen (secondary N) is 1. The summed E-state index contributed by atoms with van der Waals surface area (Å²) < 4.78 is 5.50. The minimum absolute atomic E-state index is 0.232. The molecular formula is C23H19N3O2S2. The molecule has 150 valence electrons. The van der Waals surface area contributed by atoms with Gasteiger partial charge in [0.15, 0.2) is 5.01 Å². The molecule has 2 aromatic carbocycles. The topological polar surface area (TPSA) is 64.1 Å². The van der Waals surface area contributed by atoms with E-state index in [-0.39, 0.29) is 5.91 Å². The summed E-state index contributed by atoms with van der Waals surface area (Å²) in [4.78, 5) is 14.1. The molecule has 1 N–H and O–H groups in total. The van der Waals surface area contributed by atoms with Crippen LogP contribution < -0.4 is 10.1 Å². The standard InChI is InChI=1S/C23H19N3O2S2/c1-2-28-18-12-10-16(11-13-18)15-19(17-7-4-3-5-8-17)21(27)24-23-26-25-22(30-23)20-9-6-14-29-20/h3-15H,2H2,1H3,(H,24,26,27)/b19-15+. The Balaban J connectivity index is 1.60. The van der Waals surface area contributed by atoms with Crippen LogP contribution in [0.2, 0.25) is 0 Å². The molecule has 0 radical (unpaired) electrons. The lowest BCUT2D eigenvalue weighted by Crippen LogP contribution is -2.13. The van der Waals surface area contributed by atoms with Gasteiger partial charge in [-0.3, -0.25) is 10.1 Å². The molecule has 0 unspecified atom stereocenters. The van der Waals surface area contributed by atoms with Gasteiger partial charge in [0.1, 0.15) is 5.75 Å². The normalized spacial score (nSPS) is 11.3. The minimum Gasteiger partial charge on any atom is -0.494 e. The molecule has 4 aromatic rings. The number of nitrogens with zero attached hydrogens (tertiary/aromatic N) is 2. The molecule has 2 heterocycles. The molecule has 0 aliphatic heterocycles. The van der Waals surface area contributed by atoms with E-state index in [0.717, 1.165) is 26.8 Å². The zero-order chi connectivity index (χ0) is 20.8. The number of amides is 1. The highest BCUT2D eigenvalue weighted by atomic mass is 32.1. The number of hydrogen-bond acceptors (Lipinski definition) is 6. The maximum absolute atomic E-state index is 13.1. The Bertz CT molecular complexity index is 1130. The number of ether oxygens (including phenoxy) is 1. The van der Waals surface area contributed by atoms with Crippen molar-refractivity contribution < 1.29 is 9.53 Å². The van der Waals surface area contributed by atoms with E-state index in [4.69, 9.17) is 4.74 Å². The molecule has 0 bridgehead atoms. The molecule has 0 saturated heterocycles. The van der Waals surface area contributed by atoms with Crippen molar-refractivity contribution in [3.05, 3.63) is 83.2 Å². The largest absolute Gasteiger partial charge is 0.494 e. The van der Waals surface area contributed by atoms with Crippen molar-refractivity contribution in [2.24, 2.45) is 0 Å². The number of hydrogen-bond donors (Lipinski definition) is 1. The summed E-state index contributed by atoms with van der Waals surface area (Å²) in [6.45, 7) is 2.56. The Labute approximate surface area is 182 Å². The van der Waals surface area contributed by atoms with Crippen LogP contribution in [0.25, 0.3) is 21.5 Å². The first-order valence-corrected chi connectivity index (χ1v) is 11.1. The Kier molecular flexibility index (Phi) is 6.32. The van der Waals surface area contributed by atoms with Crippen molar-refractivity contribution in [1.82, 2.24) is 10.2 Å². The number of carbonyl (C=O) groups excluding carboxylic acids is 1. The van der Waals surface area contributed by atoms with Crippen LogP contribution in [0.5, 0.6) is 5.75 Å². The number of aromatic nitrogens is 2. The van der Waals surface area contributed by atoms with Crippen molar-refractivity contribution in [2.75, 3.05) is 11.9 Å². The van der Waals surface area contributed by atoms with Crippen LogP contribution in [-0.2, 0) is 4.79 Å². The highest BCUT2D eigenvalue weighted by Crippen LogP contribution is 2.30. The summed E-state index contributed by atoms with van der Waals surface area (Å²) in [5.74, 6) is 0.569. The maximum atomic E-state index is 13.1. The average molecular weight is 434 g/mol. The summed E-state index contributed by atoms with van der Waals surface area (Å²) in [5.41, 5.74) is 2.28. The van der Waals surface area contributed by atoms with Crippen LogP contribution in [0.1, 0.15) is 18.1 Å². The number of rotatable bonds is 7. The first-order chi connectivity index (χ1) is 14.7. The lowest BCUT2D eigenvalue weighted by Gasteiger charge is -2.08. The van der Waals surface area contributed by atoms with E-state index in [9.17, 15) is 4.79 Å². The fourth-order valence-corrected chi connectivity index (χ4v) is 4.36. The molecule has 1 amide bonds. The smallest absolute Gasteiger partial charge is 0.258 e. The van der Waals surface area contributed by atoms with Crippen molar-refractivity contribution in [1.29, 1.82) is 0 Å². The van der Waals surface area contributed by atoms with E-state index in [1.165, 1.54) is 11.3 Å². The first-order valence-electron chi connectivity index (χ1n) is 9.41. The highest BCUT2D eigenvalue weighted by Gasteiger charge is 2.16. The Hall–Kier alpha value is -3.29. The summed E-state index contributed by atoms with van der Waals surface area (Å²) in [5, 5.41) is 14.5. The van der Waals surface area contributed by atoms with Gasteiger partial charge in [-0.15, -0.1) is 21.5 Å². The predicted molar refractivity (Wildman–Crippen MR) is 124 cm³/mol. The molecule has 0 aliphatic carbocycles. The summed E-state index contributed by atoms with van der Waals surface area (Å²) in [6.07, 6.45) is 1.86. The molecule has 0 fully saturated rings. The van der Waals surface area contributed by atoms with Crippen LogP contribution >= 0.6 is 22.7 Å². The first kappa shape index (κ1) is 20.0. The number of thiophene rings is 1. The number of benzene rings is 2. The van der Waals surface area contributed by atoms with E-state index in [1.807, 2.05) is 85.1 Å². The summed E-state index contributed by atoms with van der Waals surface area (Å²) >= 11 is 2.95. The van der Waals surface area contributed by atoms with Gasteiger partial charge in [-0.2, -0.15) is 0 Å². The monoisotopic (exact) mass is 433 g/mol. The molecule has 5 nitrogen and oxygen atoms in total. The molecule has 0 spiro atoms. The zero-order valence-corrected chi connectivity index (χ0v) is 17.9. The number of carbonyl (C=O) groups is 1. The summed E-state index contributed by atoms with van der Waals surface area (Å²) in [6, 6.07) is 21.2. The fourth-order valence-electron chi connectivity index (χ4n) is 2.83. The van der Waals surface area contributed by atoms with Crippen molar-refractivity contribution in [3.63, 3.8) is 0 Å². The van der Waals surface area contributed by atoms with Gasteiger partial charge in [0.05, 0.1) is 11.5 Å². The van der Waals surface area contributed by atoms with Crippen molar-refractivity contribution in [3.8, 4) is 15.6 Å². The predicted octanol–water partition coefficient (Wildman–Crippen LogP) is 5.84. The van der Waals surface area contributed by atoms with Crippen LogP contribution in [0.4, 0.5) is 5.13 Å². The van der Waals surface area contributed by atoms with Gasteiger partial charge >= 0.3 is 0 Å². The van der Waals surface area contributed by atoms with E-state index in [0.29, 0.717) is 17.3 Å². The molecule has 0 saturated carbocycles. The molecule has 7 heteroatoms. The van der Waals surface area contributed by atoms with Gasteiger partial charge in [-0.25, -0.2) is 0 Å². The lowest BCUT2D eigenvalue weighted by atomic mass is 10.0. The van der Waals surface area contributed by atoms with Gasteiger partial charge in [0.2, 0.25) is 5.13 Å². The van der Waals surface area contributed by atoms with Gasteiger partial charge in [0, 0.05) is 5.57 Å². The lowest BCUT2D eigenvalue weighted by molar-refractivity contribution is -0.111. The van der Waals surface area contributed by atoms with Crippen LogP contribution in [-0.4, -0.2) is 22.7 Å². The Morgan fingerprint density at radius 2 is 1.83 bits per heavy atom. The third kappa shape index (κ3) is 4.82. The van der Waals surface area contributed by atoms with Crippen molar-refractivity contribution in [2.45, 2.75) is 6.92 Å². The van der Waals surface area contributed by atoms with Gasteiger partial charge in [-0.05, 0) is 47.7 Å². The van der Waals surface area contributed by atoms with Gasteiger partial charge in [0.25, 0.3) is 5.91 Å². The van der Waals surface area contributed by atoms with Gasteiger partial charge < -0.3 is 4.74 Å². The van der Waals surface area contributed by atoms with Gasteiger partial charge in [-0.1, -0.05) is 59.9 Å². The third-order valence-corrected chi connectivity index (χ3v) is 6.09. The highest BCUT2D eigenvalue weighted by molar-refractivity contribution is 7.23. The van der Waals surface area contributed by atoms with E-state index in [1.54, 1.807) is 11.3 Å². The fraction of sp³-hybridized carbons (Fsp3) is 0.0870. The second-order valence-electron chi connectivity index (χ2n) is 6.27. The average Bonchev–Trinajstić information content (AvgIpc) is 3.46. The minimum atomic E-state index is -0.232. The quantitative estimate of drug-likeness (QED) is 0.294.